The summed E-state index contributed by atoms with van der Waals surface area (Å²) in [4.78, 5) is 17.2. The van der Waals surface area contributed by atoms with Crippen LogP contribution in [-0.2, 0) is 6.42 Å². The lowest BCUT2D eigenvalue weighted by atomic mass is 9.99. The Hall–Kier alpha value is -3.24. The molecule has 0 saturated carbocycles. The van der Waals surface area contributed by atoms with Crippen LogP contribution in [0.3, 0.4) is 0 Å². The normalized spacial score (nSPS) is 13.4. The molecule has 0 atom stereocenters. The second-order valence-electron chi connectivity index (χ2n) is 6.76. The third-order valence-corrected chi connectivity index (χ3v) is 5.00. The van der Waals surface area contributed by atoms with Crippen molar-refractivity contribution in [3.05, 3.63) is 112 Å². The van der Waals surface area contributed by atoms with E-state index in [4.69, 9.17) is 11.6 Å². The topological polar surface area (TPSA) is 41.5 Å². The van der Waals surface area contributed by atoms with E-state index in [1.165, 1.54) is 12.1 Å². The zero-order valence-corrected chi connectivity index (χ0v) is 16.3. The molecule has 5 heteroatoms. The number of amidine groups is 1. The van der Waals surface area contributed by atoms with Crippen molar-refractivity contribution in [1.29, 1.82) is 0 Å². The molecule has 1 N–H and O–H groups in total. The lowest BCUT2D eigenvalue weighted by Crippen LogP contribution is -2.30. The standard InChI is InChI=1S/C24H18ClFN2O/c25-18-12-10-17(11-13-18)20-15-23(27-22(20)14-16-6-2-1-3-7-16)28-24(29)19-8-4-5-9-21(19)26/h1-13H,14-15H2,(H,27,28,29). The van der Waals surface area contributed by atoms with Crippen LogP contribution < -0.4 is 5.32 Å². The van der Waals surface area contributed by atoms with Gasteiger partial charge in [0.1, 0.15) is 11.7 Å². The van der Waals surface area contributed by atoms with Gasteiger partial charge in [0.15, 0.2) is 0 Å². The molecule has 1 heterocycles. The monoisotopic (exact) mass is 404 g/mol. The van der Waals surface area contributed by atoms with Crippen molar-refractivity contribution in [2.24, 2.45) is 4.99 Å². The maximum Gasteiger partial charge on any atom is 0.259 e. The van der Waals surface area contributed by atoms with Crippen molar-refractivity contribution in [1.82, 2.24) is 5.32 Å². The molecule has 29 heavy (non-hydrogen) atoms. The van der Waals surface area contributed by atoms with Crippen molar-refractivity contribution in [3.8, 4) is 0 Å². The third-order valence-electron chi connectivity index (χ3n) is 4.75. The highest BCUT2D eigenvalue weighted by molar-refractivity contribution is 6.30. The lowest BCUT2D eigenvalue weighted by molar-refractivity contribution is 0.0973. The predicted molar refractivity (Wildman–Crippen MR) is 114 cm³/mol. The molecule has 0 bridgehead atoms. The summed E-state index contributed by atoms with van der Waals surface area (Å²) in [6.45, 7) is 0. The van der Waals surface area contributed by atoms with Crippen LogP contribution in [0, 0.1) is 5.82 Å². The number of halogens is 2. The zero-order chi connectivity index (χ0) is 20.2. The van der Waals surface area contributed by atoms with Crippen molar-refractivity contribution < 1.29 is 9.18 Å². The van der Waals surface area contributed by atoms with Gasteiger partial charge in [-0.15, -0.1) is 0 Å². The summed E-state index contributed by atoms with van der Waals surface area (Å²) in [6, 6.07) is 23.5. The Morgan fingerprint density at radius 2 is 1.66 bits per heavy atom. The number of hydrogen-bond acceptors (Lipinski definition) is 2. The minimum absolute atomic E-state index is 0.000229. The van der Waals surface area contributed by atoms with Gasteiger partial charge in [0.25, 0.3) is 5.91 Å². The molecular formula is C24H18ClFN2O. The molecule has 3 aromatic rings. The predicted octanol–water partition coefficient (Wildman–Crippen LogP) is 5.67. The minimum atomic E-state index is -0.556. The van der Waals surface area contributed by atoms with E-state index in [-0.39, 0.29) is 5.56 Å². The Morgan fingerprint density at radius 3 is 2.38 bits per heavy atom. The first kappa shape index (κ1) is 19.1. The fourth-order valence-corrected chi connectivity index (χ4v) is 3.44. The molecule has 0 unspecified atom stereocenters. The average Bonchev–Trinajstić information content (AvgIpc) is 3.11. The number of hydrogen-bond donors (Lipinski definition) is 1. The molecule has 0 spiro atoms. The van der Waals surface area contributed by atoms with E-state index < -0.39 is 11.7 Å². The molecule has 0 radical (unpaired) electrons. The third kappa shape index (κ3) is 4.44. The van der Waals surface area contributed by atoms with Gasteiger partial charge in [0.2, 0.25) is 0 Å². The number of nitrogens with zero attached hydrogens (tertiary/aromatic N) is 1. The van der Waals surface area contributed by atoms with Crippen LogP contribution in [0.1, 0.15) is 27.9 Å². The van der Waals surface area contributed by atoms with E-state index in [1.54, 1.807) is 12.1 Å². The number of nitrogens with one attached hydrogen (secondary N) is 1. The molecule has 4 rings (SSSR count). The minimum Gasteiger partial charge on any atom is -0.310 e. The SMILES string of the molecule is O=C(NC1=NC(Cc2ccccc2)=C(c2ccc(Cl)cc2)C1)c1ccccc1F. The van der Waals surface area contributed by atoms with Crippen molar-refractivity contribution >= 4 is 28.9 Å². The van der Waals surface area contributed by atoms with Crippen molar-refractivity contribution in [3.63, 3.8) is 0 Å². The molecule has 3 aromatic carbocycles. The summed E-state index contributed by atoms with van der Waals surface area (Å²) < 4.78 is 13.9. The van der Waals surface area contributed by atoms with Gasteiger partial charge < -0.3 is 5.32 Å². The number of benzene rings is 3. The summed E-state index contributed by atoms with van der Waals surface area (Å²) in [6.07, 6.45) is 1.10. The van der Waals surface area contributed by atoms with E-state index >= 15 is 0 Å². The highest BCUT2D eigenvalue weighted by Crippen LogP contribution is 2.31. The Balaban J connectivity index is 1.61. The van der Waals surface area contributed by atoms with Crippen LogP contribution in [0.15, 0.2) is 89.6 Å². The summed E-state index contributed by atoms with van der Waals surface area (Å²) in [5.41, 5.74) is 4.02. The van der Waals surface area contributed by atoms with Gasteiger partial charge in [-0.2, -0.15) is 0 Å². The number of carbonyl (C=O) groups is 1. The number of allylic oxidation sites excluding steroid dienone is 1. The maximum absolute atomic E-state index is 13.9. The van der Waals surface area contributed by atoms with Crippen LogP contribution in [0.2, 0.25) is 5.02 Å². The van der Waals surface area contributed by atoms with Gasteiger partial charge in [0.05, 0.1) is 11.3 Å². The zero-order valence-electron chi connectivity index (χ0n) is 15.5. The smallest absolute Gasteiger partial charge is 0.259 e. The van der Waals surface area contributed by atoms with Crippen LogP contribution >= 0.6 is 11.6 Å². The van der Waals surface area contributed by atoms with E-state index in [0.29, 0.717) is 23.7 Å². The van der Waals surface area contributed by atoms with Crippen LogP contribution in [-0.4, -0.2) is 11.7 Å². The Bertz CT molecular complexity index is 1110. The molecule has 3 nitrogen and oxygen atoms in total. The number of amides is 1. The first-order chi connectivity index (χ1) is 14.1. The highest BCUT2D eigenvalue weighted by atomic mass is 35.5. The first-order valence-electron chi connectivity index (χ1n) is 9.25. The number of rotatable bonds is 4. The summed E-state index contributed by atoms with van der Waals surface area (Å²) in [5.74, 6) is -0.550. The summed E-state index contributed by atoms with van der Waals surface area (Å²) >= 11 is 6.03. The average molecular weight is 405 g/mol. The van der Waals surface area contributed by atoms with Crippen molar-refractivity contribution in [2.75, 3.05) is 0 Å². The van der Waals surface area contributed by atoms with E-state index in [9.17, 15) is 9.18 Å². The van der Waals surface area contributed by atoms with Gasteiger partial charge >= 0.3 is 0 Å². The summed E-state index contributed by atoms with van der Waals surface area (Å²) in [7, 11) is 0. The van der Waals surface area contributed by atoms with Gasteiger partial charge in [-0.25, -0.2) is 9.38 Å². The molecule has 144 valence electrons. The van der Waals surface area contributed by atoms with Gasteiger partial charge in [0, 0.05) is 17.9 Å². The molecule has 0 aromatic heterocycles. The largest absolute Gasteiger partial charge is 0.310 e. The quantitative estimate of drug-likeness (QED) is 0.598. The molecule has 1 aliphatic rings. The fourth-order valence-electron chi connectivity index (χ4n) is 3.31. The van der Waals surface area contributed by atoms with Crippen LogP contribution in [0.25, 0.3) is 5.57 Å². The maximum atomic E-state index is 13.9. The van der Waals surface area contributed by atoms with Crippen LogP contribution in [0.4, 0.5) is 4.39 Å². The van der Waals surface area contributed by atoms with Crippen molar-refractivity contribution in [2.45, 2.75) is 12.8 Å². The van der Waals surface area contributed by atoms with E-state index in [1.807, 2.05) is 54.6 Å². The fraction of sp³-hybridized carbons (Fsp3) is 0.0833. The Labute approximate surface area is 173 Å². The number of carbonyl (C=O) groups excluding carboxylic acids is 1. The molecule has 1 amide bonds. The summed E-state index contributed by atoms with van der Waals surface area (Å²) in [5, 5.41) is 3.42. The highest BCUT2D eigenvalue weighted by Gasteiger charge is 2.22. The second kappa shape index (κ2) is 8.41. The van der Waals surface area contributed by atoms with Gasteiger partial charge in [-0.3, -0.25) is 4.79 Å². The number of aliphatic imine (C=N–C) groups is 1. The lowest BCUT2D eigenvalue weighted by Gasteiger charge is -2.08. The van der Waals surface area contributed by atoms with Gasteiger partial charge in [-0.1, -0.05) is 66.2 Å². The van der Waals surface area contributed by atoms with Crippen LogP contribution in [0.5, 0.6) is 0 Å². The Morgan fingerprint density at radius 1 is 0.966 bits per heavy atom. The first-order valence-corrected chi connectivity index (χ1v) is 9.63. The molecule has 0 aliphatic carbocycles. The Kier molecular flexibility index (Phi) is 5.54. The molecule has 0 saturated heterocycles. The molecular weight excluding hydrogens is 387 g/mol. The molecule has 0 fully saturated rings. The van der Waals surface area contributed by atoms with E-state index in [0.717, 1.165) is 22.4 Å². The van der Waals surface area contributed by atoms with E-state index in [2.05, 4.69) is 10.3 Å². The van der Waals surface area contributed by atoms with Gasteiger partial charge in [-0.05, 0) is 41.0 Å². The second-order valence-corrected chi connectivity index (χ2v) is 7.20. The molecule has 1 aliphatic heterocycles.